The number of rotatable bonds is 2. The zero-order chi connectivity index (χ0) is 14.1. The minimum Gasteiger partial charge on any atom is -0.478 e. The lowest BCUT2D eigenvalue weighted by Gasteiger charge is -2.31. The summed E-state index contributed by atoms with van der Waals surface area (Å²) in [4.78, 5) is 13.5. The van der Waals surface area contributed by atoms with Crippen molar-refractivity contribution in [3.63, 3.8) is 0 Å². The van der Waals surface area contributed by atoms with Crippen LogP contribution in [-0.2, 0) is 13.0 Å². The van der Waals surface area contributed by atoms with Crippen molar-refractivity contribution >= 4 is 27.6 Å². The molecule has 0 aliphatic carbocycles. The second-order valence-electron chi connectivity index (χ2n) is 4.91. The number of nitrogens with zero attached hydrogens (tertiary/aromatic N) is 1. The average molecular weight is 332 g/mol. The second kappa shape index (κ2) is 5.29. The lowest BCUT2D eigenvalue weighted by atomic mass is 9.99. The predicted octanol–water partition coefficient (Wildman–Crippen LogP) is 3.71. The molecule has 1 aliphatic rings. The van der Waals surface area contributed by atoms with E-state index in [1.165, 1.54) is 11.1 Å². The van der Waals surface area contributed by atoms with E-state index in [2.05, 4.69) is 39.0 Å². The largest absolute Gasteiger partial charge is 0.478 e. The number of anilines is 1. The molecule has 1 N–H and O–H groups in total. The van der Waals surface area contributed by atoms with Crippen molar-refractivity contribution in [3.05, 3.63) is 63.6 Å². The third kappa shape index (κ3) is 2.43. The number of hydrogen-bond acceptors (Lipinski definition) is 2. The molecule has 0 atom stereocenters. The third-order valence-electron chi connectivity index (χ3n) is 3.66. The first-order valence-electron chi connectivity index (χ1n) is 6.50. The molecule has 20 heavy (non-hydrogen) atoms. The summed E-state index contributed by atoms with van der Waals surface area (Å²) in [5.41, 5.74) is 3.76. The van der Waals surface area contributed by atoms with Crippen LogP contribution in [0.1, 0.15) is 21.5 Å². The van der Waals surface area contributed by atoms with Crippen LogP contribution in [0.25, 0.3) is 0 Å². The molecule has 0 saturated carbocycles. The quantitative estimate of drug-likeness (QED) is 0.911. The van der Waals surface area contributed by atoms with Gasteiger partial charge in [-0.3, -0.25) is 0 Å². The van der Waals surface area contributed by atoms with Crippen LogP contribution in [0.2, 0.25) is 0 Å². The molecule has 0 bridgehead atoms. The first-order chi connectivity index (χ1) is 9.65. The summed E-state index contributed by atoms with van der Waals surface area (Å²) in [6, 6.07) is 13.6. The van der Waals surface area contributed by atoms with Crippen LogP contribution in [0, 0.1) is 0 Å². The molecule has 0 amide bonds. The molecule has 0 spiro atoms. The topological polar surface area (TPSA) is 40.5 Å². The van der Waals surface area contributed by atoms with Crippen molar-refractivity contribution in [3.8, 4) is 0 Å². The maximum atomic E-state index is 11.4. The Hall–Kier alpha value is -1.81. The molecule has 1 heterocycles. The van der Waals surface area contributed by atoms with Crippen LogP contribution in [0.5, 0.6) is 0 Å². The molecule has 1 aliphatic heterocycles. The highest BCUT2D eigenvalue weighted by Crippen LogP contribution is 2.29. The van der Waals surface area contributed by atoms with Gasteiger partial charge >= 0.3 is 5.97 Å². The molecular weight excluding hydrogens is 318 g/mol. The molecular formula is C16H14BrNO2. The number of carboxylic acids is 1. The molecule has 3 rings (SSSR count). The van der Waals surface area contributed by atoms with E-state index < -0.39 is 5.97 Å². The van der Waals surface area contributed by atoms with E-state index in [0.29, 0.717) is 5.56 Å². The van der Waals surface area contributed by atoms with Crippen LogP contribution >= 0.6 is 15.9 Å². The van der Waals surface area contributed by atoms with E-state index in [0.717, 1.165) is 29.7 Å². The SMILES string of the molecule is O=C(O)c1ccc(Br)cc1N1CCc2ccccc2C1. The summed E-state index contributed by atoms with van der Waals surface area (Å²) in [6.45, 7) is 1.60. The van der Waals surface area contributed by atoms with E-state index in [-0.39, 0.29) is 0 Å². The lowest BCUT2D eigenvalue weighted by molar-refractivity contribution is 0.0697. The number of aromatic carboxylic acids is 1. The molecule has 0 aromatic heterocycles. The fourth-order valence-corrected chi connectivity index (χ4v) is 3.00. The first kappa shape index (κ1) is 13.2. The van der Waals surface area contributed by atoms with Gasteiger partial charge in [-0.1, -0.05) is 40.2 Å². The van der Waals surface area contributed by atoms with Gasteiger partial charge in [-0.05, 0) is 35.7 Å². The highest BCUT2D eigenvalue weighted by Gasteiger charge is 2.21. The summed E-state index contributed by atoms with van der Waals surface area (Å²) >= 11 is 3.42. The minimum atomic E-state index is -0.883. The van der Waals surface area contributed by atoms with Gasteiger partial charge in [-0.25, -0.2) is 4.79 Å². The average Bonchev–Trinajstić information content (AvgIpc) is 2.46. The van der Waals surface area contributed by atoms with E-state index in [9.17, 15) is 9.90 Å². The van der Waals surface area contributed by atoms with Gasteiger partial charge < -0.3 is 10.0 Å². The summed E-state index contributed by atoms with van der Waals surface area (Å²) < 4.78 is 0.899. The smallest absolute Gasteiger partial charge is 0.337 e. The normalized spacial score (nSPS) is 13.9. The Labute approximate surface area is 126 Å². The standard InChI is InChI=1S/C16H14BrNO2/c17-13-5-6-14(16(19)20)15(9-13)18-8-7-11-3-1-2-4-12(11)10-18/h1-6,9H,7-8,10H2,(H,19,20). The van der Waals surface area contributed by atoms with Gasteiger partial charge in [-0.15, -0.1) is 0 Å². The summed E-state index contributed by atoms with van der Waals surface area (Å²) in [5.74, 6) is -0.883. The van der Waals surface area contributed by atoms with Gasteiger partial charge in [0.05, 0.1) is 11.3 Å². The monoisotopic (exact) mass is 331 g/mol. The zero-order valence-corrected chi connectivity index (χ0v) is 12.4. The Morgan fingerprint density at radius 1 is 1.15 bits per heavy atom. The number of carbonyl (C=O) groups is 1. The highest BCUT2D eigenvalue weighted by molar-refractivity contribution is 9.10. The van der Waals surface area contributed by atoms with Gasteiger partial charge in [0.15, 0.2) is 0 Å². The maximum Gasteiger partial charge on any atom is 0.337 e. The first-order valence-corrected chi connectivity index (χ1v) is 7.29. The fraction of sp³-hybridized carbons (Fsp3) is 0.188. The maximum absolute atomic E-state index is 11.4. The number of hydrogen-bond donors (Lipinski definition) is 1. The Kier molecular flexibility index (Phi) is 3.49. The summed E-state index contributed by atoms with van der Waals surface area (Å²) in [6.07, 6.45) is 0.946. The van der Waals surface area contributed by atoms with Crippen molar-refractivity contribution in [1.82, 2.24) is 0 Å². The van der Waals surface area contributed by atoms with Gasteiger partial charge in [0.2, 0.25) is 0 Å². The van der Waals surface area contributed by atoms with E-state index in [1.54, 1.807) is 12.1 Å². The van der Waals surface area contributed by atoms with Gasteiger partial charge in [-0.2, -0.15) is 0 Å². The molecule has 3 nitrogen and oxygen atoms in total. The fourth-order valence-electron chi connectivity index (χ4n) is 2.65. The van der Waals surface area contributed by atoms with Crippen molar-refractivity contribution < 1.29 is 9.90 Å². The predicted molar refractivity (Wildman–Crippen MR) is 82.3 cm³/mol. The number of carboxylic acid groups (broad SMARTS) is 1. The van der Waals surface area contributed by atoms with Crippen LogP contribution < -0.4 is 4.90 Å². The van der Waals surface area contributed by atoms with E-state index >= 15 is 0 Å². The molecule has 0 radical (unpaired) electrons. The molecule has 4 heteroatoms. The molecule has 102 valence electrons. The molecule has 2 aromatic rings. The summed E-state index contributed by atoms with van der Waals surface area (Å²) in [7, 11) is 0. The van der Waals surface area contributed by atoms with Gasteiger partial charge in [0, 0.05) is 17.6 Å². The lowest BCUT2D eigenvalue weighted by Crippen LogP contribution is -2.31. The minimum absolute atomic E-state index is 0.354. The number of benzene rings is 2. The zero-order valence-electron chi connectivity index (χ0n) is 10.8. The van der Waals surface area contributed by atoms with E-state index in [4.69, 9.17) is 0 Å². The Balaban J connectivity index is 1.99. The molecule has 0 unspecified atom stereocenters. The van der Waals surface area contributed by atoms with Crippen LogP contribution in [0.15, 0.2) is 46.9 Å². The molecule has 0 fully saturated rings. The Bertz CT molecular complexity index is 669. The van der Waals surface area contributed by atoms with Crippen LogP contribution in [0.3, 0.4) is 0 Å². The van der Waals surface area contributed by atoms with E-state index in [1.807, 2.05) is 12.1 Å². The van der Waals surface area contributed by atoms with Crippen molar-refractivity contribution in [2.75, 3.05) is 11.4 Å². The van der Waals surface area contributed by atoms with Crippen molar-refractivity contribution in [2.45, 2.75) is 13.0 Å². The third-order valence-corrected chi connectivity index (χ3v) is 4.15. The Morgan fingerprint density at radius 3 is 2.65 bits per heavy atom. The van der Waals surface area contributed by atoms with Crippen LogP contribution in [0.4, 0.5) is 5.69 Å². The van der Waals surface area contributed by atoms with Crippen molar-refractivity contribution in [1.29, 1.82) is 0 Å². The van der Waals surface area contributed by atoms with Crippen molar-refractivity contribution in [2.24, 2.45) is 0 Å². The number of halogens is 1. The van der Waals surface area contributed by atoms with Crippen LogP contribution in [-0.4, -0.2) is 17.6 Å². The highest BCUT2D eigenvalue weighted by atomic mass is 79.9. The van der Waals surface area contributed by atoms with Gasteiger partial charge in [0.1, 0.15) is 0 Å². The summed E-state index contributed by atoms with van der Waals surface area (Å²) in [5, 5.41) is 9.34. The second-order valence-corrected chi connectivity index (χ2v) is 5.82. The molecule has 2 aromatic carbocycles. The molecule has 0 saturated heterocycles. The Morgan fingerprint density at radius 2 is 1.90 bits per heavy atom. The van der Waals surface area contributed by atoms with Gasteiger partial charge in [0.25, 0.3) is 0 Å². The number of fused-ring (bicyclic) bond motifs is 1.